The third-order valence-electron chi connectivity index (χ3n) is 4.99. The van der Waals surface area contributed by atoms with Crippen LogP contribution < -0.4 is 20.1 Å². The Balaban J connectivity index is 1.53. The fraction of sp³-hybridized carbons (Fsp3) is 0.0769. The number of carbonyl (C=O) groups is 2. The Morgan fingerprint density at radius 2 is 1.52 bits per heavy atom. The molecule has 7 heteroatoms. The number of hydrogen-bond acceptors (Lipinski definition) is 5. The van der Waals surface area contributed by atoms with Gasteiger partial charge in [0.1, 0.15) is 11.5 Å². The lowest BCUT2D eigenvalue weighted by molar-refractivity contribution is 0.101. The number of methoxy groups -OCH3 is 2. The molecule has 0 radical (unpaired) electrons. The predicted octanol–water partition coefficient (Wildman–Crippen LogP) is 5.94. The summed E-state index contributed by atoms with van der Waals surface area (Å²) >= 11 is 1.36. The van der Waals surface area contributed by atoms with Gasteiger partial charge in [-0.1, -0.05) is 24.3 Å². The van der Waals surface area contributed by atoms with Crippen LogP contribution in [0.3, 0.4) is 0 Å². The van der Waals surface area contributed by atoms with Gasteiger partial charge in [0.05, 0.1) is 19.1 Å². The molecule has 33 heavy (non-hydrogen) atoms. The highest BCUT2D eigenvalue weighted by Crippen LogP contribution is 2.33. The van der Waals surface area contributed by atoms with Crippen molar-refractivity contribution in [2.45, 2.75) is 0 Å². The third kappa shape index (κ3) is 5.22. The molecular formula is C26H22N2O4S. The smallest absolute Gasteiger partial charge is 0.265 e. The van der Waals surface area contributed by atoms with Crippen molar-refractivity contribution in [2.24, 2.45) is 0 Å². The number of hydrogen-bond donors (Lipinski definition) is 2. The van der Waals surface area contributed by atoms with E-state index in [0.717, 1.165) is 16.9 Å². The van der Waals surface area contributed by atoms with Gasteiger partial charge in [-0.05, 0) is 65.5 Å². The molecule has 1 heterocycles. The van der Waals surface area contributed by atoms with E-state index in [1.54, 1.807) is 50.6 Å². The average Bonchev–Trinajstić information content (AvgIpc) is 3.39. The van der Waals surface area contributed by atoms with Crippen LogP contribution in [0.1, 0.15) is 20.0 Å². The molecule has 0 fully saturated rings. The molecule has 166 valence electrons. The topological polar surface area (TPSA) is 76.7 Å². The van der Waals surface area contributed by atoms with E-state index in [1.165, 1.54) is 11.3 Å². The normalized spacial score (nSPS) is 10.4. The van der Waals surface area contributed by atoms with Crippen LogP contribution in [-0.4, -0.2) is 26.0 Å². The zero-order valence-corrected chi connectivity index (χ0v) is 18.9. The van der Waals surface area contributed by atoms with Crippen LogP contribution in [-0.2, 0) is 0 Å². The maximum Gasteiger partial charge on any atom is 0.265 e. The van der Waals surface area contributed by atoms with Gasteiger partial charge in [-0.2, -0.15) is 0 Å². The lowest BCUT2D eigenvalue weighted by Gasteiger charge is -2.13. The number of rotatable bonds is 7. The first-order valence-electron chi connectivity index (χ1n) is 10.2. The zero-order chi connectivity index (χ0) is 23.2. The minimum absolute atomic E-state index is 0.207. The van der Waals surface area contributed by atoms with Crippen LogP contribution in [0.4, 0.5) is 11.4 Å². The number of amides is 2. The Morgan fingerprint density at radius 3 is 2.21 bits per heavy atom. The van der Waals surface area contributed by atoms with E-state index in [9.17, 15) is 9.59 Å². The van der Waals surface area contributed by atoms with Crippen molar-refractivity contribution in [3.63, 3.8) is 0 Å². The van der Waals surface area contributed by atoms with Crippen LogP contribution in [0, 0.1) is 0 Å². The molecule has 0 aliphatic rings. The van der Waals surface area contributed by atoms with Crippen molar-refractivity contribution in [2.75, 3.05) is 24.9 Å². The summed E-state index contributed by atoms with van der Waals surface area (Å²) < 4.78 is 10.7. The van der Waals surface area contributed by atoms with E-state index in [-0.39, 0.29) is 11.8 Å². The third-order valence-corrected chi connectivity index (χ3v) is 5.85. The van der Waals surface area contributed by atoms with Gasteiger partial charge in [-0.15, -0.1) is 11.3 Å². The Hall–Kier alpha value is -4.10. The Labute approximate surface area is 195 Å². The summed E-state index contributed by atoms with van der Waals surface area (Å²) in [5.74, 6) is 0.958. The fourth-order valence-corrected chi connectivity index (χ4v) is 3.94. The molecule has 0 unspecified atom stereocenters. The minimum Gasteiger partial charge on any atom is -0.497 e. The van der Waals surface area contributed by atoms with Gasteiger partial charge in [-0.25, -0.2) is 0 Å². The zero-order valence-electron chi connectivity index (χ0n) is 18.1. The Kier molecular flexibility index (Phi) is 6.71. The molecule has 4 rings (SSSR count). The van der Waals surface area contributed by atoms with Crippen LogP contribution in [0.2, 0.25) is 0 Å². The van der Waals surface area contributed by atoms with Gasteiger partial charge >= 0.3 is 0 Å². The number of anilines is 2. The summed E-state index contributed by atoms with van der Waals surface area (Å²) in [6.45, 7) is 0. The molecule has 6 nitrogen and oxygen atoms in total. The highest BCUT2D eigenvalue weighted by Gasteiger charge is 2.13. The summed E-state index contributed by atoms with van der Waals surface area (Å²) in [7, 11) is 3.23. The minimum atomic E-state index is -0.284. The molecule has 0 saturated carbocycles. The molecule has 0 saturated heterocycles. The maximum absolute atomic E-state index is 12.9. The molecule has 0 atom stereocenters. The molecule has 0 spiro atoms. The van der Waals surface area contributed by atoms with Gasteiger partial charge in [0.25, 0.3) is 11.8 Å². The maximum atomic E-state index is 12.9. The second kappa shape index (κ2) is 10.0. The molecule has 0 aliphatic heterocycles. The van der Waals surface area contributed by atoms with Crippen molar-refractivity contribution < 1.29 is 19.1 Å². The molecule has 0 bridgehead atoms. The van der Waals surface area contributed by atoms with E-state index in [4.69, 9.17) is 9.47 Å². The van der Waals surface area contributed by atoms with E-state index in [1.807, 2.05) is 47.8 Å². The predicted molar refractivity (Wildman–Crippen MR) is 132 cm³/mol. The quantitative estimate of drug-likeness (QED) is 0.359. The van der Waals surface area contributed by atoms with Crippen molar-refractivity contribution in [1.82, 2.24) is 0 Å². The number of carbonyl (C=O) groups excluding carboxylic acids is 2. The fourth-order valence-electron chi connectivity index (χ4n) is 3.32. The summed E-state index contributed by atoms with van der Waals surface area (Å²) in [5, 5.41) is 7.58. The lowest BCUT2D eigenvalue weighted by Crippen LogP contribution is -2.14. The highest BCUT2D eigenvalue weighted by atomic mass is 32.1. The average molecular weight is 459 g/mol. The Morgan fingerprint density at radius 1 is 0.758 bits per heavy atom. The highest BCUT2D eigenvalue weighted by molar-refractivity contribution is 7.12. The van der Waals surface area contributed by atoms with Crippen LogP contribution >= 0.6 is 11.3 Å². The lowest BCUT2D eigenvalue weighted by atomic mass is 10.0. The molecule has 4 aromatic rings. The van der Waals surface area contributed by atoms with Crippen molar-refractivity contribution in [1.29, 1.82) is 0 Å². The van der Waals surface area contributed by atoms with Gasteiger partial charge in [0, 0.05) is 22.5 Å². The summed E-state index contributed by atoms with van der Waals surface area (Å²) in [6.07, 6.45) is 0. The largest absolute Gasteiger partial charge is 0.497 e. The second-order valence-corrected chi connectivity index (χ2v) is 8.06. The van der Waals surface area contributed by atoms with Gasteiger partial charge < -0.3 is 20.1 Å². The molecule has 2 amide bonds. The molecule has 2 N–H and O–H groups in total. The first-order chi connectivity index (χ1) is 16.1. The van der Waals surface area contributed by atoms with Gasteiger partial charge in [0.2, 0.25) is 0 Å². The van der Waals surface area contributed by atoms with Gasteiger partial charge in [0.15, 0.2) is 0 Å². The number of ether oxygens (including phenoxy) is 2. The monoisotopic (exact) mass is 458 g/mol. The second-order valence-electron chi connectivity index (χ2n) is 7.11. The summed E-state index contributed by atoms with van der Waals surface area (Å²) in [4.78, 5) is 25.8. The molecule has 0 aliphatic carbocycles. The SMILES string of the molecule is COc1ccc(-c2cc(NC(=O)c3cccc(NC(=O)c4cccs4)c3)ccc2OC)cc1. The first-order valence-corrected chi connectivity index (χ1v) is 11.0. The number of nitrogens with one attached hydrogen (secondary N) is 2. The number of thiophene rings is 1. The van der Waals surface area contributed by atoms with E-state index < -0.39 is 0 Å². The van der Waals surface area contributed by atoms with Crippen molar-refractivity contribution >= 4 is 34.5 Å². The van der Waals surface area contributed by atoms with E-state index >= 15 is 0 Å². The molecule has 3 aromatic carbocycles. The van der Waals surface area contributed by atoms with Crippen LogP contribution in [0.15, 0.2) is 84.2 Å². The summed E-state index contributed by atoms with van der Waals surface area (Å²) in [5.41, 5.74) is 3.38. The first kappa shape index (κ1) is 22.1. The van der Waals surface area contributed by atoms with Crippen LogP contribution in [0.25, 0.3) is 11.1 Å². The Bertz CT molecular complexity index is 1270. The van der Waals surface area contributed by atoms with Gasteiger partial charge in [-0.3, -0.25) is 9.59 Å². The summed E-state index contributed by atoms with van der Waals surface area (Å²) in [6, 6.07) is 23.5. The van der Waals surface area contributed by atoms with Crippen molar-refractivity contribution in [3.05, 3.63) is 94.7 Å². The van der Waals surface area contributed by atoms with E-state index in [2.05, 4.69) is 10.6 Å². The molecular weight excluding hydrogens is 436 g/mol. The number of benzene rings is 3. The van der Waals surface area contributed by atoms with E-state index in [0.29, 0.717) is 27.6 Å². The van der Waals surface area contributed by atoms with Crippen LogP contribution in [0.5, 0.6) is 11.5 Å². The van der Waals surface area contributed by atoms with Crippen molar-refractivity contribution in [3.8, 4) is 22.6 Å². The standard InChI is InChI=1S/C26H22N2O4S/c1-31-21-11-8-17(9-12-21)22-16-20(10-13-23(22)32-2)27-25(29)18-5-3-6-19(15-18)28-26(30)24-7-4-14-33-24/h3-16H,1-2H3,(H,27,29)(H,28,30). The molecule has 1 aromatic heterocycles.